The highest BCUT2D eigenvalue weighted by atomic mass is 32.2. The zero-order valence-electron chi connectivity index (χ0n) is 11.9. The first-order valence-corrected chi connectivity index (χ1v) is 8.31. The number of rotatable bonds is 6. The second-order valence-corrected chi connectivity index (χ2v) is 6.62. The third kappa shape index (κ3) is 3.47. The first-order valence-electron chi connectivity index (χ1n) is 6.83. The second kappa shape index (κ2) is 6.51. The molecule has 1 N–H and O–H groups in total. The van der Waals surface area contributed by atoms with Crippen molar-refractivity contribution in [2.24, 2.45) is 0 Å². The minimum Gasteiger partial charge on any atom is -0.376 e. The predicted molar refractivity (Wildman–Crippen MR) is 77.3 cm³/mol. The third-order valence-electron chi connectivity index (χ3n) is 3.45. The van der Waals surface area contributed by atoms with E-state index in [0.29, 0.717) is 0 Å². The number of hydrogen-bond acceptors (Lipinski definition) is 5. The van der Waals surface area contributed by atoms with Crippen molar-refractivity contribution in [1.82, 2.24) is 9.71 Å². The van der Waals surface area contributed by atoms with Gasteiger partial charge in [0, 0.05) is 25.9 Å². The molecule has 1 fully saturated rings. The lowest BCUT2D eigenvalue weighted by atomic mass is 10.2. The Morgan fingerprint density at radius 2 is 2.30 bits per heavy atom. The number of aromatic nitrogens is 1. The van der Waals surface area contributed by atoms with E-state index in [9.17, 15) is 8.42 Å². The van der Waals surface area contributed by atoms with Crippen molar-refractivity contribution < 1.29 is 13.2 Å². The van der Waals surface area contributed by atoms with Crippen molar-refractivity contribution in [2.45, 2.75) is 30.8 Å². The van der Waals surface area contributed by atoms with Gasteiger partial charge in [0.05, 0.1) is 6.10 Å². The van der Waals surface area contributed by atoms with E-state index in [1.165, 1.54) is 13.2 Å². The fourth-order valence-electron chi connectivity index (χ4n) is 2.26. The lowest BCUT2D eigenvalue weighted by Gasteiger charge is -2.25. The quantitative estimate of drug-likeness (QED) is 0.848. The summed E-state index contributed by atoms with van der Waals surface area (Å²) in [6, 6.07) is 3.31. The molecule has 1 aliphatic heterocycles. The summed E-state index contributed by atoms with van der Waals surface area (Å²) in [4.78, 5) is 6.54. The fraction of sp³-hybridized carbons (Fsp3) is 0.615. The van der Waals surface area contributed by atoms with Gasteiger partial charge < -0.3 is 9.64 Å². The molecule has 0 aromatic carbocycles. The van der Waals surface area contributed by atoms with E-state index in [4.69, 9.17) is 4.74 Å². The SMILES string of the molecule is CCN(CC1CCCO1)c1ccc(S(=O)(=O)NC)cn1. The van der Waals surface area contributed by atoms with Crippen molar-refractivity contribution in [3.05, 3.63) is 18.3 Å². The van der Waals surface area contributed by atoms with Crippen molar-refractivity contribution >= 4 is 15.8 Å². The molecular formula is C13H21N3O3S. The summed E-state index contributed by atoms with van der Waals surface area (Å²) < 4.78 is 31.2. The normalized spacial score (nSPS) is 19.2. The van der Waals surface area contributed by atoms with E-state index in [1.54, 1.807) is 12.1 Å². The Labute approximate surface area is 120 Å². The van der Waals surface area contributed by atoms with E-state index >= 15 is 0 Å². The average molecular weight is 299 g/mol. The van der Waals surface area contributed by atoms with Gasteiger partial charge in [-0.25, -0.2) is 18.1 Å². The molecule has 112 valence electrons. The molecule has 20 heavy (non-hydrogen) atoms. The number of nitrogens with one attached hydrogen (secondary N) is 1. The van der Waals surface area contributed by atoms with Crippen molar-refractivity contribution in [1.29, 1.82) is 0 Å². The molecule has 0 radical (unpaired) electrons. The third-order valence-corrected chi connectivity index (χ3v) is 4.85. The van der Waals surface area contributed by atoms with E-state index in [2.05, 4.69) is 21.5 Å². The van der Waals surface area contributed by atoms with Crippen LogP contribution in [0.4, 0.5) is 5.82 Å². The molecule has 0 spiro atoms. The summed E-state index contributed by atoms with van der Waals surface area (Å²) in [6.07, 6.45) is 3.81. The summed E-state index contributed by atoms with van der Waals surface area (Å²) in [7, 11) is -2.04. The van der Waals surface area contributed by atoms with E-state index in [1.807, 2.05) is 0 Å². The van der Waals surface area contributed by atoms with Crippen LogP contribution in [0.5, 0.6) is 0 Å². The first-order chi connectivity index (χ1) is 9.56. The molecule has 1 aromatic rings. The molecule has 1 saturated heterocycles. The summed E-state index contributed by atoms with van der Waals surface area (Å²) in [5, 5.41) is 0. The van der Waals surface area contributed by atoms with Crippen molar-refractivity contribution in [3.8, 4) is 0 Å². The second-order valence-electron chi connectivity index (χ2n) is 4.73. The number of likely N-dealkylation sites (N-methyl/N-ethyl adjacent to an activating group) is 1. The maximum atomic E-state index is 11.6. The van der Waals surface area contributed by atoms with Gasteiger partial charge in [0.1, 0.15) is 10.7 Å². The zero-order valence-corrected chi connectivity index (χ0v) is 12.7. The Morgan fingerprint density at radius 3 is 2.80 bits per heavy atom. The van der Waals surface area contributed by atoms with Gasteiger partial charge >= 0.3 is 0 Å². The van der Waals surface area contributed by atoms with E-state index in [0.717, 1.165) is 38.4 Å². The molecule has 0 amide bonds. The number of hydrogen-bond donors (Lipinski definition) is 1. The molecule has 1 unspecified atom stereocenters. The fourth-order valence-corrected chi connectivity index (χ4v) is 2.93. The van der Waals surface area contributed by atoms with Gasteiger partial charge in [-0.05, 0) is 38.9 Å². The first kappa shape index (κ1) is 15.2. The number of sulfonamides is 1. The van der Waals surface area contributed by atoms with Crippen LogP contribution in [-0.2, 0) is 14.8 Å². The van der Waals surface area contributed by atoms with Crippen LogP contribution in [0, 0.1) is 0 Å². The predicted octanol–water partition coefficient (Wildman–Crippen LogP) is 0.995. The lowest BCUT2D eigenvalue weighted by Crippen LogP contribution is -2.32. The van der Waals surface area contributed by atoms with Gasteiger partial charge in [0.25, 0.3) is 0 Å². The van der Waals surface area contributed by atoms with Gasteiger partial charge in [0.15, 0.2) is 0 Å². The van der Waals surface area contributed by atoms with Gasteiger partial charge in [0.2, 0.25) is 10.0 Å². The molecule has 2 heterocycles. The molecule has 7 heteroatoms. The summed E-state index contributed by atoms with van der Waals surface area (Å²) in [6.45, 7) is 4.48. The number of nitrogens with zero attached hydrogens (tertiary/aromatic N) is 2. The lowest BCUT2D eigenvalue weighted by molar-refractivity contribution is 0.115. The smallest absolute Gasteiger partial charge is 0.241 e. The number of ether oxygens (including phenoxy) is 1. The minimum atomic E-state index is -3.43. The molecular weight excluding hydrogens is 278 g/mol. The Kier molecular flexibility index (Phi) is 4.95. The molecule has 0 aliphatic carbocycles. The molecule has 0 bridgehead atoms. The van der Waals surface area contributed by atoms with Crippen LogP contribution in [0.2, 0.25) is 0 Å². The highest BCUT2D eigenvalue weighted by Crippen LogP contribution is 2.18. The number of pyridine rings is 1. The van der Waals surface area contributed by atoms with Crippen molar-refractivity contribution in [2.75, 3.05) is 31.6 Å². The molecule has 2 rings (SSSR count). The summed E-state index contributed by atoms with van der Waals surface area (Å²) in [5.74, 6) is 0.776. The van der Waals surface area contributed by atoms with Gasteiger partial charge in [-0.2, -0.15) is 0 Å². The monoisotopic (exact) mass is 299 g/mol. The average Bonchev–Trinajstić information content (AvgIpc) is 2.98. The van der Waals surface area contributed by atoms with Crippen molar-refractivity contribution in [3.63, 3.8) is 0 Å². The Hall–Kier alpha value is -1.18. The maximum Gasteiger partial charge on any atom is 0.241 e. The highest BCUT2D eigenvalue weighted by molar-refractivity contribution is 7.89. The minimum absolute atomic E-state index is 0.178. The van der Waals surface area contributed by atoms with Crippen LogP contribution in [0.3, 0.4) is 0 Å². The Bertz CT molecular complexity index is 524. The van der Waals surface area contributed by atoms with Crippen LogP contribution in [0.1, 0.15) is 19.8 Å². The zero-order chi connectivity index (χ0) is 14.6. The van der Waals surface area contributed by atoms with Crippen LogP contribution in [0.25, 0.3) is 0 Å². The van der Waals surface area contributed by atoms with Crippen LogP contribution in [0.15, 0.2) is 23.2 Å². The van der Waals surface area contributed by atoms with Gasteiger partial charge in [-0.3, -0.25) is 0 Å². The Balaban J connectivity index is 2.10. The molecule has 1 aromatic heterocycles. The molecule has 6 nitrogen and oxygen atoms in total. The van der Waals surface area contributed by atoms with Gasteiger partial charge in [-0.1, -0.05) is 0 Å². The standard InChI is InChI=1S/C13H21N3O3S/c1-3-16(10-11-5-4-8-19-11)13-7-6-12(9-15-13)20(17,18)14-2/h6-7,9,11,14H,3-5,8,10H2,1-2H3. The largest absolute Gasteiger partial charge is 0.376 e. The molecule has 1 aliphatic rings. The van der Waals surface area contributed by atoms with E-state index < -0.39 is 10.0 Å². The molecule has 1 atom stereocenters. The summed E-state index contributed by atoms with van der Waals surface area (Å²) >= 11 is 0. The van der Waals surface area contributed by atoms with Crippen LogP contribution < -0.4 is 9.62 Å². The highest BCUT2D eigenvalue weighted by Gasteiger charge is 2.20. The topological polar surface area (TPSA) is 71.5 Å². The van der Waals surface area contributed by atoms with Gasteiger partial charge in [-0.15, -0.1) is 0 Å². The Morgan fingerprint density at radius 1 is 1.50 bits per heavy atom. The molecule has 0 saturated carbocycles. The van der Waals surface area contributed by atoms with E-state index in [-0.39, 0.29) is 11.0 Å². The number of anilines is 1. The maximum absolute atomic E-state index is 11.6. The van der Waals surface area contributed by atoms with Crippen LogP contribution >= 0.6 is 0 Å². The summed E-state index contributed by atoms with van der Waals surface area (Å²) in [5.41, 5.74) is 0. The van der Waals surface area contributed by atoms with Crippen LogP contribution in [-0.4, -0.2) is 46.2 Å².